The van der Waals surface area contributed by atoms with Gasteiger partial charge in [0.2, 0.25) is 0 Å². The fourth-order valence-corrected chi connectivity index (χ4v) is 3.09. The fraction of sp³-hybridized carbons (Fsp3) is 0.400. The van der Waals surface area contributed by atoms with Gasteiger partial charge in [-0.25, -0.2) is 0 Å². The van der Waals surface area contributed by atoms with Crippen LogP contribution in [0, 0.1) is 0 Å². The van der Waals surface area contributed by atoms with E-state index in [1.807, 2.05) is 24.3 Å². The molecular formula is C20H24O4. The summed E-state index contributed by atoms with van der Waals surface area (Å²) in [6, 6.07) is 14.8. The van der Waals surface area contributed by atoms with E-state index >= 15 is 0 Å². The summed E-state index contributed by atoms with van der Waals surface area (Å²) in [6.07, 6.45) is 2.20. The van der Waals surface area contributed by atoms with Gasteiger partial charge >= 0.3 is 0 Å². The Bertz CT molecular complexity index is 552. The van der Waals surface area contributed by atoms with Gasteiger partial charge in [-0.2, -0.15) is 0 Å². The smallest absolute Gasteiger partial charge is 0.115 e. The van der Waals surface area contributed by atoms with Gasteiger partial charge in [-0.1, -0.05) is 24.3 Å². The van der Waals surface area contributed by atoms with Crippen LogP contribution >= 0.6 is 0 Å². The highest BCUT2D eigenvalue weighted by Crippen LogP contribution is 2.27. The minimum Gasteiger partial charge on any atom is -0.508 e. The Balaban J connectivity index is 0.000000141. The number of benzene rings is 2. The Morgan fingerprint density at radius 2 is 1.00 bits per heavy atom. The van der Waals surface area contributed by atoms with E-state index in [-0.39, 0.29) is 0 Å². The predicted octanol–water partition coefficient (Wildman–Crippen LogP) is 3.79. The number of phenols is 2. The molecule has 2 aromatic rings. The molecule has 0 bridgehead atoms. The van der Waals surface area contributed by atoms with Crippen LogP contribution in [0.1, 0.15) is 35.8 Å². The van der Waals surface area contributed by atoms with Gasteiger partial charge in [-0.05, 0) is 48.2 Å². The van der Waals surface area contributed by atoms with E-state index in [1.54, 1.807) is 24.3 Å². The zero-order valence-electron chi connectivity index (χ0n) is 13.7. The highest BCUT2D eigenvalue weighted by Gasteiger charge is 2.17. The van der Waals surface area contributed by atoms with Crippen molar-refractivity contribution < 1.29 is 19.7 Å². The summed E-state index contributed by atoms with van der Waals surface area (Å²) in [5.74, 6) is 1.73. The molecule has 4 rings (SSSR count). The van der Waals surface area contributed by atoms with Gasteiger partial charge < -0.3 is 19.7 Å². The molecule has 0 unspecified atom stereocenters. The topological polar surface area (TPSA) is 58.9 Å². The highest BCUT2D eigenvalue weighted by molar-refractivity contribution is 5.29. The molecule has 24 heavy (non-hydrogen) atoms. The molecule has 0 amide bonds. The van der Waals surface area contributed by atoms with Crippen LogP contribution < -0.4 is 0 Å². The van der Waals surface area contributed by atoms with Crippen molar-refractivity contribution in [1.82, 2.24) is 0 Å². The number of aromatic hydroxyl groups is 2. The van der Waals surface area contributed by atoms with Gasteiger partial charge in [0.1, 0.15) is 11.5 Å². The Labute approximate surface area is 142 Å². The third-order valence-corrected chi connectivity index (χ3v) is 4.59. The summed E-state index contributed by atoms with van der Waals surface area (Å²) in [4.78, 5) is 0. The van der Waals surface area contributed by atoms with Crippen LogP contribution in [0.5, 0.6) is 11.5 Å². The molecule has 2 atom stereocenters. The summed E-state index contributed by atoms with van der Waals surface area (Å²) >= 11 is 0. The van der Waals surface area contributed by atoms with Crippen LogP contribution in [-0.4, -0.2) is 36.6 Å². The molecule has 0 spiro atoms. The largest absolute Gasteiger partial charge is 0.508 e. The van der Waals surface area contributed by atoms with E-state index in [0.717, 1.165) is 39.3 Å². The van der Waals surface area contributed by atoms with E-state index in [2.05, 4.69) is 0 Å². The molecule has 2 heterocycles. The van der Waals surface area contributed by atoms with E-state index in [0.29, 0.717) is 23.3 Å². The summed E-state index contributed by atoms with van der Waals surface area (Å²) in [5, 5.41) is 18.1. The lowest BCUT2D eigenvalue weighted by molar-refractivity contribution is 0.194. The number of ether oxygens (including phenoxy) is 2. The lowest BCUT2D eigenvalue weighted by Crippen LogP contribution is -1.96. The van der Waals surface area contributed by atoms with Crippen LogP contribution in [-0.2, 0) is 9.47 Å². The zero-order valence-corrected chi connectivity index (χ0v) is 13.7. The first kappa shape index (κ1) is 16.8. The lowest BCUT2D eigenvalue weighted by Gasteiger charge is -2.06. The van der Waals surface area contributed by atoms with Gasteiger partial charge in [0.15, 0.2) is 0 Å². The molecule has 4 nitrogen and oxygen atoms in total. The second-order valence-electron chi connectivity index (χ2n) is 6.30. The number of hydrogen-bond acceptors (Lipinski definition) is 4. The third kappa shape index (κ3) is 4.49. The van der Waals surface area contributed by atoms with Crippen LogP contribution in [0.15, 0.2) is 48.5 Å². The van der Waals surface area contributed by atoms with E-state index in [4.69, 9.17) is 19.7 Å². The van der Waals surface area contributed by atoms with Gasteiger partial charge in [0.25, 0.3) is 0 Å². The van der Waals surface area contributed by atoms with Crippen LogP contribution in [0.2, 0.25) is 0 Å². The van der Waals surface area contributed by atoms with Gasteiger partial charge in [-0.3, -0.25) is 0 Å². The number of hydrogen-bond donors (Lipinski definition) is 2. The molecule has 0 saturated carbocycles. The molecule has 0 radical (unpaired) electrons. The fourth-order valence-electron chi connectivity index (χ4n) is 3.09. The summed E-state index contributed by atoms with van der Waals surface area (Å²) in [7, 11) is 0. The molecule has 2 N–H and O–H groups in total. The second-order valence-corrected chi connectivity index (χ2v) is 6.30. The quantitative estimate of drug-likeness (QED) is 0.880. The minimum absolute atomic E-state index is 0.331. The average Bonchev–Trinajstić information content (AvgIpc) is 3.31. The molecule has 0 aromatic heterocycles. The van der Waals surface area contributed by atoms with E-state index in [9.17, 15) is 0 Å². The molecule has 2 aliphatic heterocycles. The molecule has 0 aliphatic carbocycles. The zero-order chi connectivity index (χ0) is 16.8. The summed E-state index contributed by atoms with van der Waals surface area (Å²) < 4.78 is 10.6. The van der Waals surface area contributed by atoms with Crippen molar-refractivity contribution in [3.63, 3.8) is 0 Å². The normalized spacial score (nSPS) is 22.8. The minimum atomic E-state index is 0.331. The standard InChI is InChI=1S/2C10H12O2/c2*11-10-3-1-8(2-4-10)9-5-6-12-7-9/h2*1-4,9,11H,5-7H2/t2*9-/m10/s1. The molecule has 2 fully saturated rings. The van der Waals surface area contributed by atoms with Crippen LogP contribution in [0.3, 0.4) is 0 Å². The van der Waals surface area contributed by atoms with Crippen molar-refractivity contribution in [3.05, 3.63) is 59.7 Å². The SMILES string of the molecule is Oc1ccc([C@@H]2CCOC2)cc1.Oc1ccc([C@H]2CCOC2)cc1. The Morgan fingerprint density at radius 3 is 1.29 bits per heavy atom. The average molecular weight is 328 g/mol. The first-order valence-corrected chi connectivity index (χ1v) is 8.45. The van der Waals surface area contributed by atoms with E-state index < -0.39 is 0 Å². The molecule has 4 heteroatoms. The second kappa shape index (κ2) is 8.18. The predicted molar refractivity (Wildman–Crippen MR) is 92.6 cm³/mol. The van der Waals surface area contributed by atoms with Crippen molar-refractivity contribution >= 4 is 0 Å². The summed E-state index contributed by atoms with van der Waals surface area (Å²) in [5.41, 5.74) is 2.54. The lowest BCUT2D eigenvalue weighted by atomic mass is 9.99. The molecule has 2 saturated heterocycles. The van der Waals surface area contributed by atoms with Gasteiger partial charge in [0.05, 0.1) is 13.2 Å². The first-order chi connectivity index (χ1) is 11.7. The maximum absolute atomic E-state index is 9.07. The molecule has 2 aliphatic rings. The van der Waals surface area contributed by atoms with Crippen molar-refractivity contribution in [3.8, 4) is 11.5 Å². The van der Waals surface area contributed by atoms with Crippen molar-refractivity contribution in [2.45, 2.75) is 24.7 Å². The first-order valence-electron chi connectivity index (χ1n) is 8.45. The van der Waals surface area contributed by atoms with Crippen molar-refractivity contribution in [2.75, 3.05) is 26.4 Å². The van der Waals surface area contributed by atoms with E-state index in [1.165, 1.54) is 11.1 Å². The maximum atomic E-state index is 9.07. The highest BCUT2D eigenvalue weighted by atomic mass is 16.5. The van der Waals surface area contributed by atoms with Crippen LogP contribution in [0.25, 0.3) is 0 Å². The van der Waals surface area contributed by atoms with Crippen molar-refractivity contribution in [2.24, 2.45) is 0 Å². The maximum Gasteiger partial charge on any atom is 0.115 e. The molecule has 2 aromatic carbocycles. The molecule has 128 valence electrons. The molecular weight excluding hydrogens is 304 g/mol. The number of phenolic OH excluding ortho intramolecular Hbond substituents is 2. The van der Waals surface area contributed by atoms with Crippen molar-refractivity contribution in [1.29, 1.82) is 0 Å². The van der Waals surface area contributed by atoms with Crippen LogP contribution in [0.4, 0.5) is 0 Å². The van der Waals surface area contributed by atoms with Gasteiger partial charge in [0, 0.05) is 25.0 Å². The summed E-state index contributed by atoms with van der Waals surface area (Å²) in [6.45, 7) is 3.38. The third-order valence-electron chi connectivity index (χ3n) is 4.59. The number of rotatable bonds is 2. The Morgan fingerprint density at radius 1 is 0.625 bits per heavy atom. The Hall–Kier alpha value is -2.04. The Kier molecular flexibility index (Phi) is 5.72. The van der Waals surface area contributed by atoms with Gasteiger partial charge in [-0.15, -0.1) is 0 Å². The monoisotopic (exact) mass is 328 g/mol.